The molecule has 1 unspecified atom stereocenters. The Morgan fingerprint density at radius 2 is 2.67 bits per heavy atom. The van der Waals surface area contributed by atoms with Gasteiger partial charge in [-0.15, -0.1) is 0 Å². The lowest BCUT2D eigenvalue weighted by Crippen LogP contribution is -2.30. The lowest BCUT2D eigenvalue weighted by Gasteiger charge is -2.10. The van der Waals surface area contributed by atoms with Crippen LogP contribution in [0.5, 0.6) is 0 Å². The average molecular weight is 133 g/mol. The molecular formula is C5H8FNO2. The summed E-state index contributed by atoms with van der Waals surface area (Å²) in [6.45, 7) is -0.339. The quantitative estimate of drug-likeness (QED) is 0.518. The van der Waals surface area contributed by atoms with E-state index >= 15 is 0 Å². The summed E-state index contributed by atoms with van der Waals surface area (Å²) in [5.41, 5.74) is 0. The van der Waals surface area contributed by atoms with Crippen molar-refractivity contribution in [1.29, 1.82) is 0 Å². The number of rotatable bonds is 1. The molecule has 1 aliphatic heterocycles. The molecule has 0 aromatic carbocycles. The highest BCUT2D eigenvalue weighted by atomic mass is 19.1. The highest BCUT2D eigenvalue weighted by Gasteiger charge is 2.28. The number of carbonyl (C=O) groups excluding carboxylic acids is 1. The molecule has 1 rings (SSSR count). The Labute approximate surface area is 52.4 Å². The van der Waals surface area contributed by atoms with Crippen LogP contribution < -0.4 is 0 Å². The van der Waals surface area contributed by atoms with E-state index in [-0.39, 0.29) is 12.6 Å². The number of alkyl halides is 1. The predicted molar refractivity (Wildman–Crippen MR) is 28.9 cm³/mol. The van der Waals surface area contributed by atoms with Gasteiger partial charge in [-0.25, -0.2) is 9.18 Å². The standard InChI is InChI=1S/C5H8FNO2/c1-7-4(2-6)3-9-5(7)8/h4H,2-3H2,1H3. The Balaban J connectivity index is 2.51. The van der Waals surface area contributed by atoms with Crippen LogP contribution in [0.15, 0.2) is 0 Å². The Hall–Kier alpha value is -0.800. The monoisotopic (exact) mass is 133 g/mol. The minimum atomic E-state index is -0.526. The third-order valence-electron chi connectivity index (χ3n) is 1.41. The van der Waals surface area contributed by atoms with Crippen LogP contribution >= 0.6 is 0 Å². The van der Waals surface area contributed by atoms with Gasteiger partial charge in [-0.05, 0) is 0 Å². The Bertz CT molecular complexity index is 128. The van der Waals surface area contributed by atoms with E-state index in [0.29, 0.717) is 0 Å². The molecule has 4 heteroatoms. The maximum Gasteiger partial charge on any atom is 0.410 e. The van der Waals surface area contributed by atoms with E-state index < -0.39 is 12.8 Å². The van der Waals surface area contributed by atoms with Gasteiger partial charge in [-0.3, -0.25) is 0 Å². The Kier molecular flexibility index (Phi) is 1.55. The normalized spacial score (nSPS) is 26.7. The van der Waals surface area contributed by atoms with E-state index in [0.717, 1.165) is 0 Å². The Morgan fingerprint density at radius 1 is 2.00 bits per heavy atom. The summed E-state index contributed by atoms with van der Waals surface area (Å²) < 4.78 is 16.4. The van der Waals surface area contributed by atoms with Crippen molar-refractivity contribution in [3.8, 4) is 0 Å². The van der Waals surface area contributed by atoms with E-state index in [1.54, 1.807) is 0 Å². The molecule has 3 nitrogen and oxygen atoms in total. The summed E-state index contributed by atoms with van der Waals surface area (Å²) in [5, 5.41) is 0. The third-order valence-corrected chi connectivity index (χ3v) is 1.41. The van der Waals surface area contributed by atoms with Crippen molar-refractivity contribution < 1.29 is 13.9 Å². The molecule has 1 saturated heterocycles. The number of nitrogens with zero attached hydrogens (tertiary/aromatic N) is 1. The van der Waals surface area contributed by atoms with E-state index in [4.69, 9.17) is 0 Å². The third kappa shape index (κ3) is 0.966. The number of cyclic esters (lactones) is 1. The predicted octanol–water partition coefficient (Wildman–Crippen LogP) is 0.406. The second-order valence-electron chi connectivity index (χ2n) is 2.00. The van der Waals surface area contributed by atoms with Crippen LogP contribution in [0, 0.1) is 0 Å². The van der Waals surface area contributed by atoms with Gasteiger partial charge in [0.1, 0.15) is 13.3 Å². The maximum atomic E-state index is 11.8. The van der Waals surface area contributed by atoms with Crippen LogP contribution in [0.25, 0.3) is 0 Å². The van der Waals surface area contributed by atoms with E-state index in [1.165, 1.54) is 11.9 Å². The molecule has 0 aromatic rings. The zero-order valence-corrected chi connectivity index (χ0v) is 5.13. The van der Waals surface area contributed by atoms with Gasteiger partial charge in [0.15, 0.2) is 0 Å². The van der Waals surface area contributed by atoms with Gasteiger partial charge in [0, 0.05) is 7.05 Å². The lowest BCUT2D eigenvalue weighted by molar-refractivity contribution is 0.163. The van der Waals surface area contributed by atoms with Crippen molar-refractivity contribution in [3.05, 3.63) is 0 Å². The van der Waals surface area contributed by atoms with E-state index in [2.05, 4.69) is 4.74 Å². The van der Waals surface area contributed by atoms with Crippen LogP contribution in [0.1, 0.15) is 0 Å². The molecule has 52 valence electrons. The molecule has 1 atom stereocenters. The highest BCUT2D eigenvalue weighted by Crippen LogP contribution is 2.08. The smallest absolute Gasteiger partial charge is 0.410 e. The molecule has 0 bridgehead atoms. The molecule has 9 heavy (non-hydrogen) atoms. The second-order valence-corrected chi connectivity index (χ2v) is 2.00. The molecule has 1 heterocycles. The molecule has 1 amide bonds. The highest BCUT2D eigenvalue weighted by molar-refractivity contribution is 5.69. The fraction of sp³-hybridized carbons (Fsp3) is 0.800. The van der Waals surface area contributed by atoms with Gasteiger partial charge in [0.05, 0.1) is 6.04 Å². The van der Waals surface area contributed by atoms with Crippen LogP contribution in [0.3, 0.4) is 0 Å². The van der Waals surface area contributed by atoms with E-state index in [9.17, 15) is 9.18 Å². The molecule has 0 aliphatic carbocycles. The first-order valence-electron chi connectivity index (χ1n) is 2.71. The summed E-state index contributed by atoms with van der Waals surface area (Å²) in [6.07, 6.45) is -0.433. The first kappa shape index (κ1) is 6.32. The van der Waals surface area contributed by atoms with Gasteiger partial charge in [0.25, 0.3) is 0 Å². The fourth-order valence-corrected chi connectivity index (χ4v) is 0.678. The van der Waals surface area contributed by atoms with Crippen molar-refractivity contribution in [2.24, 2.45) is 0 Å². The number of ether oxygens (including phenoxy) is 1. The Morgan fingerprint density at radius 3 is 2.89 bits per heavy atom. The summed E-state index contributed by atoms with van der Waals surface area (Å²) in [5.74, 6) is 0. The topological polar surface area (TPSA) is 29.5 Å². The lowest BCUT2D eigenvalue weighted by atomic mass is 10.3. The minimum absolute atomic E-state index is 0.186. The summed E-state index contributed by atoms with van der Waals surface area (Å²) in [6, 6.07) is -0.363. The first-order chi connectivity index (χ1) is 4.25. The van der Waals surface area contributed by atoms with Crippen molar-refractivity contribution >= 4 is 6.09 Å². The van der Waals surface area contributed by atoms with E-state index in [1.807, 2.05) is 0 Å². The summed E-state index contributed by atoms with van der Waals surface area (Å²) in [7, 11) is 1.53. The van der Waals surface area contributed by atoms with Crippen molar-refractivity contribution in [1.82, 2.24) is 4.90 Å². The van der Waals surface area contributed by atoms with Crippen LogP contribution in [0.2, 0.25) is 0 Å². The number of halogens is 1. The molecule has 0 radical (unpaired) electrons. The number of carbonyl (C=O) groups is 1. The SMILES string of the molecule is CN1C(=O)OCC1CF. The molecule has 0 saturated carbocycles. The van der Waals surface area contributed by atoms with Crippen molar-refractivity contribution in [3.63, 3.8) is 0 Å². The summed E-state index contributed by atoms with van der Waals surface area (Å²) >= 11 is 0. The average Bonchev–Trinajstić information content (AvgIpc) is 2.15. The number of amides is 1. The van der Waals surface area contributed by atoms with Crippen LogP contribution in [-0.2, 0) is 4.74 Å². The van der Waals surface area contributed by atoms with Gasteiger partial charge < -0.3 is 9.64 Å². The first-order valence-corrected chi connectivity index (χ1v) is 2.71. The zero-order valence-electron chi connectivity index (χ0n) is 5.13. The van der Waals surface area contributed by atoms with Crippen molar-refractivity contribution in [2.45, 2.75) is 6.04 Å². The zero-order chi connectivity index (χ0) is 6.85. The minimum Gasteiger partial charge on any atom is -0.447 e. The fourth-order valence-electron chi connectivity index (χ4n) is 0.678. The second kappa shape index (κ2) is 2.21. The van der Waals surface area contributed by atoms with Crippen molar-refractivity contribution in [2.75, 3.05) is 20.3 Å². The van der Waals surface area contributed by atoms with Crippen LogP contribution in [0.4, 0.5) is 9.18 Å². The van der Waals surface area contributed by atoms with Gasteiger partial charge in [-0.2, -0.15) is 0 Å². The molecule has 0 N–H and O–H groups in total. The van der Waals surface area contributed by atoms with Crippen LogP contribution in [-0.4, -0.2) is 37.4 Å². The largest absolute Gasteiger partial charge is 0.447 e. The number of hydrogen-bond donors (Lipinski definition) is 0. The molecular weight excluding hydrogens is 125 g/mol. The summed E-state index contributed by atoms with van der Waals surface area (Å²) in [4.78, 5) is 11.7. The molecule has 0 spiro atoms. The number of hydrogen-bond acceptors (Lipinski definition) is 2. The molecule has 1 fully saturated rings. The molecule has 1 aliphatic rings. The van der Waals surface area contributed by atoms with Gasteiger partial charge in [0.2, 0.25) is 0 Å². The maximum absolute atomic E-state index is 11.8. The number of likely N-dealkylation sites (N-methyl/N-ethyl adjacent to an activating group) is 1. The molecule has 0 aromatic heterocycles. The van der Waals surface area contributed by atoms with Gasteiger partial charge >= 0.3 is 6.09 Å². The van der Waals surface area contributed by atoms with Gasteiger partial charge in [-0.1, -0.05) is 0 Å².